The van der Waals surface area contributed by atoms with Crippen LogP contribution in [0.5, 0.6) is 0 Å². The third kappa shape index (κ3) is 5.92. The van der Waals surface area contributed by atoms with Gasteiger partial charge < -0.3 is 19.2 Å². The van der Waals surface area contributed by atoms with Crippen molar-refractivity contribution in [3.8, 4) is 0 Å². The predicted octanol–water partition coefficient (Wildman–Crippen LogP) is 5.03. The Labute approximate surface area is 203 Å². The molecular formula is C25H20N2O7S. The van der Waals surface area contributed by atoms with E-state index in [4.69, 9.17) is 13.9 Å². The molecule has 0 atom stereocenters. The van der Waals surface area contributed by atoms with Crippen LogP contribution in [0.3, 0.4) is 0 Å². The standard InChI is InChI=1S/C25H20N2O7S/c1-2-32-25(31)27-18-8-9-19-16(12-22(28)34-20(19)13-18)14-33-24(30)15-5-3-6-17(11-15)26-23(29)21-7-4-10-35-21/h3-13H,2,14H2,1H3,(H,26,29)(H,27,31). The zero-order chi connectivity index (χ0) is 24.8. The molecule has 0 saturated heterocycles. The van der Waals surface area contributed by atoms with Crippen LogP contribution in [0, 0.1) is 0 Å². The molecule has 2 amide bonds. The maximum absolute atomic E-state index is 12.6. The number of nitrogens with one attached hydrogen (secondary N) is 2. The summed E-state index contributed by atoms with van der Waals surface area (Å²) in [5.41, 5.74) is 1.10. The molecule has 4 aromatic rings. The first-order chi connectivity index (χ1) is 16.9. The van der Waals surface area contributed by atoms with Gasteiger partial charge in [-0.15, -0.1) is 11.3 Å². The zero-order valence-corrected chi connectivity index (χ0v) is 19.3. The highest BCUT2D eigenvalue weighted by molar-refractivity contribution is 7.12. The van der Waals surface area contributed by atoms with Crippen LogP contribution < -0.4 is 16.3 Å². The van der Waals surface area contributed by atoms with E-state index in [1.54, 1.807) is 54.8 Å². The Kier molecular flexibility index (Phi) is 7.22. The van der Waals surface area contributed by atoms with Crippen molar-refractivity contribution in [1.29, 1.82) is 0 Å². The molecule has 0 radical (unpaired) electrons. The Balaban J connectivity index is 1.47. The van der Waals surface area contributed by atoms with Crippen LogP contribution in [0.2, 0.25) is 0 Å². The number of ether oxygens (including phenoxy) is 2. The van der Waals surface area contributed by atoms with Crippen molar-refractivity contribution < 1.29 is 28.3 Å². The molecule has 2 aromatic carbocycles. The van der Waals surface area contributed by atoms with Gasteiger partial charge in [-0.3, -0.25) is 10.1 Å². The number of esters is 1. The molecule has 0 fully saturated rings. The number of fused-ring (bicyclic) bond motifs is 1. The third-order valence-electron chi connectivity index (χ3n) is 4.81. The topological polar surface area (TPSA) is 124 Å². The van der Waals surface area contributed by atoms with Gasteiger partial charge in [0.05, 0.1) is 17.0 Å². The van der Waals surface area contributed by atoms with Gasteiger partial charge in [-0.2, -0.15) is 0 Å². The highest BCUT2D eigenvalue weighted by Gasteiger charge is 2.14. The number of carbonyl (C=O) groups is 3. The fourth-order valence-corrected chi connectivity index (χ4v) is 3.88. The molecule has 0 aliphatic rings. The first-order valence-electron chi connectivity index (χ1n) is 10.6. The average molecular weight is 493 g/mol. The number of hydrogen-bond acceptors (Lipinski definition) is 8. The molecule has 2 aromatic heterocycles. The number of hydrogen-bond donors (Lipinski definition) is 2. The van der Waals surface area contributed by atoms with Gasteiger partial charge in [0.1, 0.15) is 12.2 Å². The van der Waals surface area contributed by atoms with Crippen molar-refractivity contribution in [2.24, 2.45) is 0 Å². The Morgan fingerprint density at radius 1 is 0.943 bits per heavy atom. The molecule has 178 valence electrons. The molecule has 0 aliphatic carbocycles. The normalized spacial score (nSPS) is 10.5. The number of carbonyl (C=O) groups excluding carboxylic acids is 3. The molecule has 0 unspecified atom stereocenters. The number of benzene rings is 2. The van der Waals surface area contributed by atoms with E-state index in [9.17, 15) is 19.2 Å². The molecule has 9 nitrogen and oxygen atoms in total. The van der Waals surface area contributed by atoms with E-state index < -0.39 is 17.7 Å². The second kappa shape index (κ2) is 10.7. The van der Waals surface area contributed by atoms with Crippen molar-refractivity contribution >= 4 is 51.7 Å². The van der Waals surface area contributed by atoms with E-state index in [-0.39, 0.29) is 30.3 Å². The van der Waals surface area contributed by atoms with Crippen LogP contribution in [0.4, 0.5) is 16.2 Å². The fraction of sp³-hybridized carbons (Fsp3) is 0.120. The molecule has 2 heterocycles. The molecule has 4 rings (SSSR count). The fourth-order valence-electron chi connectivity index (χ4n) is 3.26. The van der Waals surface area contributed by atoms with Crippen molar-refractivity contribution in [3.05, 3.63) is 92.5 Å². The summed E-state index contributed by atoms with van der Waals surface area (Å²) in [7, 11) is 0. The summed E-state index contributed by atoms with van der Waals surface area (Å²) < 4.78 is 15.5. The van der Waals surface area contributed by atoms with Gasteiger partial charge >= 0.3 is 17.7 Å². The van der Waals surface area contributed by atoms with E-state index in [0.717, 1.165) is 0 Å². The zero-order valence-electron chi connectivity index (χ0n) is 18.5. The maximum Gasteiger partial charge on any atom is 0.411 e. The van der Waals surface area contributed by atoms with E-state index in [1.165, 1.54) is 29.5 Å². The third-order valence-corrected chi connectivity index (χ3v) is 5.68. The van der Waals surface area contributed by atoms with Crippen molar-refractivity contribution in [2.45, 2.75) is 13.5 Å². The van der Waals surface area contributed by atoms with Gasteiger partial charge in [0.2, 0.25) is 0 Å². The highest BCUT2D eigenvalue weighted by atomic mass is 32.1. The Bertz CT molecular complexity index is 1440. The van der Waals surface area contributed by atoms with Crippen molar-refractivity contribution in [2.75, 3.05) is 17.2 Å². The Hall–Kier alpha value is -4.44. The quantitative estimate of drug-likeness (QED) is 0.274. The summed E-state index contributed by atoms with van der Waals surface area (Å²) in [5, 5.41) is 7.62. The number of thiophene rings is 1. The first kappa shape index (κ1) is 23.7. The van der Waals surface area contributed by atoms with Crippen LogP contribution in [0.25, 0.3) is 11.0 Å². The molecule has 2 N–H and O–H groups in total. The van der Waals surface area contributed by atoms with Gasteiger partial charge in [-0.05, 0) is 48.7 Å². The average Bonchev–Trinajstić information content (AvgIpc) is 3.37. The van der Waals surface area contributed by atoms with Gasteiger partial charge in [-0.1, -0.05) is 12.1 Å². The molecular weight excluding hydrogens is 472 g/mol. The number of anilines is 2. The molecule has 0 spiro atoms. The van der Waals surface area contributed by atoms with Crippen LogP contribution in [-0.4, -0.2) is 24.6 Å². The molecule has 0 aliphatic heterocycles. The molecule has 0 bridgehead atoms. The van der Waals surface area contributed by atoms with E-state index in [0.29, 0.717) is 27.2 Å². The van der Waals surface area contributed by atoms with Crippen LogP contribution >= 0.6 is 11.3 Å². The van der Waals surface area contributed by atoms with E-state index >= 15 is 0 Å². The van der Waals surface area contributed by atoms with Gasteiger partial charge in [0.15, 0.2) is 0 Å². The van der Waals surface area contributed by atoms with Crippen molar-refractivity contribution in [3.63, 3.8) is 0 Å². The van der Waals surface area contributed by atoms with Gasteiger partial charge in [-0.25, -0.2) is 14.4 Å². The second-order valence-electron chi connectivity index (χ2n) is 7.24. The monoisotopic (exact) mass is 492 g/mol. The second-order valence-corrected chi connectivity index (χ2v) is 8.18. The molecule has 10 heteroatoms. The minimum Gasteiger partial charge on any atom is -0.457 e. The Morgan fingerprint density at radius 2 is 1.77 bits per heavy atom. The maximum atomic E-state index is 12.6. The lowest BCUT2D eigenvalue weighted by Gasteiger charge is -2.10. The number of amides is 2. The summed E-state index contributed by atoms with van der Waals surface area (Å²) in [6.45, 7) is 1.72. The van der Waals surface area contributed by atoms with Gasteiger partial charge in [0, 0.05) is 34.5 Å². The Morgan fingerprint density at radius 3 is 2.54 bits per heavy atom. The summed E-state index contributed by atoms with van der Waals surface area (Å²) in [4.78, 5) is 49.1. The smallest absolute Gasteiger partial charge is 0.411 e. The lowest BCUT2D eigenvalue weighted by Crippen LogP contribution is -2.13. The summed E-state index contributed by atoms with van der Waals surface area (Å²) in [6.07, 6.45) is -0.631. The minimum absolute atomic E-state index is 0.183. The van der Waals surface area contributed by atoms with Crippen LogP contribution in [0.15, 0.2) is 75.3 Å². The van der Waals surface area contributed by atoms with E-state index in [2.05, 4.69) is 10.6 Å². The van der Waals surface area contributed by atoms with Crippen molar-refractivity contribution in [1.82, 2.24) is 0 Å². The molecule has 0 saturated carbocycles. The lowest BCUT2D eigenvalue weighted by atomic mass is 10.1. The summed E-state index contributed by atoms with van der Waals surface area (Å²) in [6, 6.07) is 15.8. The van der Waals surface area contributed by atoms with Crippen LogP contribution in [-0.2, 0) is 16.1 Å². The molecule has 35 heavy (non-hydrogen) atoms. The summed E-state index contributed by atoms with van der Waals surface area (Å²) in [5.74, 6) is -0.899. The predicted molar refractivity (Wildman–Crippen MR) is 131 cm³/mol. The van der Waals surface area contributed by atoms with E-state index in [1.807, 2.05) is 0 Å². The SMILES string of the molecule is CCOC(=O)Nc1ccc2c(COC(=O)c3cccc(NC(=O)c4cccs4)c3)cc(=O)oc2c1. The van der Waals surface area contributed by atoms with Crippen LogP contribution in [0.1, 0.15) is 32.5 Å². The number of rotatable bonds is 7. The highest BCUT2D eigenvalue weighted by Crippen LogP contribution is 2.23. The summed E-state index contributed by atoms with van der Waals surface area (Å²) >= 11 is 1.31. The lowest BCUT2D eigenvalue weighted by molar-refractivity contribution is 0.0473. The largest absolute Gasteiger partial charge is 0.457 e. The van der Waals surface area contributed by atoms with Gasteiger partial charge in [0.25, 0.3) is 5.91 Å². The first-order valence-corrected chi connectivity index (χ1v) is 11.4. The minimum atomic E-state index is -0.631.